The second-order valence-electron chi connectivity index (χ2n) is 4.39. The van der Waals surface area contributed by atoms with E-state index in [0.717, 1.165) is 43.1 Å². The molecule has 5 nitrogen and oxygen atoms in total. The van der Waals surface area contributed by atoms with Crippen LogP contribution in [0.3, 0.4) is 0 Å². The van der Waals surface area contributed by atoms with Crippen molar-refractivity contribution in [3.05, 3.63) is 11.9 Å². The van der Waals surface area contributed by atoms with E-state index in [2.05, 4.69) is 34.4 Å². The Labute approximate surface area is 109 Å². The summed E-state index contributed by atoms with van der Waals surface area (Å²) in [6, 6.07) is 0. The van der Waals surface area contributed by atoms with Gasteiger partial charge in [0.25, 0.3) is 0 Å². The number of aromatic nitrogens is 2. The number of nitrogens with zero attached hydrogens (tertiary/aromatic N) is 2. The van der Waals surface area contributed by atoms with Gasteiger partial charge in [0.05, 0.1) is 6.10 Å². The molecule has 0 bridgehead atoms. The van der Waals surface area contributed by atoms with Crippen molar-refractivity contribution in [2.75, 3.05) is 23.7 Å². The van der Waals surface area contributed by atoms with Gasteiger partial charge >= 0.3 is 0 Å². The minimum atomic E-state index is -0.290. The van der Waals surface area contributed by atoms with E-state index >= 15 is 0 Å². The number of aliphatic hydroxyl groups is 1. The van der Waals surface area contributed by atoms with Crippen molar-refractivity contribution in [2.45, 2.75) is 46.1 Å². The number of nitrogens with one attached hydrogen (secondary N) is 2. The van der Waals surface area contributed by atoms with Gasteiger partial charge in [-0.3, -0.25) is 0 Å². The summed E-state index contributed by atoms with van der Waals surface area (Å²) in [5.74, 6) is 1.78. The Bertz CT molecular complexity index is 355. The molecule has 1 heterocycles. The first-order valence-electron chi connectivity index (χ1n) is 6.68. The number of rotatable bonds is 8. The van der Waals surface area contributed by atoms with E-state index in [1.807, 2.05) is 0 Å². The van der Waals surface area contributed by atoms with E-state index in [4.69, 9.17) is 0 Å². The van der Waals surface area contributed by atoms with Gasteiger partial charge in [-0.25, -0.2) is 9.97 Å². The monoisotopic (exact) mass is 252 g/mol. The molecule has 0 saturated heterocycles. The van der Waals surface area contributed by atoms with Crippen LogP contribution in [0.2, 0.25) is 0 Å². The van der Waals surface area contributed by atoms with Crippen LogP contribution in [0.5, 0.6) is 0 Å². The molecule has 1 aromatic heterocycles. The van der Waals surface area contributed by atoms with Gasteiger partial charge in [-0.1, -0.05) is 13.8 Å². The summed E-state index contributed by atoms with van der Waals surface area (Å²) in [7, 11) is 0. The van der Waals surface area contributed by atoms with E-state index in [1.165, 1.54) is 0 Å². The molecule has 0 amide bonds. The van der Waals surface area contributed by atoms with Gasteiger partial charge in [0.15, 0.2) is 0 Å². The number of hydrogen-bond acceptors (Lipinski definition) is 5. The van der Waals surface area contributed by atoms with Crippen LogP contribution in [-0.4, -0.2) is 34.3 Å². The summed E-state index contributed by atoms with van der Waals surface area (Å²) < 4.78 is 0. The lowest BCUT2D eigenvalue weighted by Gasteiger charge is -2.14. The van der Waals surface area contributed by atoms with Crippen molar-refractivity contribution in [1.29, 1.82) is 0 Å². The van der Waals surface area contributed by atoms with Crippen LogP contribution in [0.25, 0.3) is 0 Å². The first-order valence-corrected chi connectivity index (χ1v) is 6.68. The molecule has 0 aromatic carbocycles. The molecule has 0 aliphatic heterocycles. The highest BCUT2D eigenvalue weighted by Crippen LogP contribution is 2.20. The fraction of sp³-hybridized carbons (Fsp3) is 0.692. The third-order valence-corrected chi connectivity index (χ3v) is 2.70. The van der Waals surface area contributed by atoms with Crippen molar-refractivity contribution in [3.63, 3.8) is 0 Å². The minimum Gasteiger partial charge on any atom is -0.393 e. The lowest BCUT2D eigenvalue weighted by Crippen LogP contribution is -2.14. The van der Waals surface area contributed by atoms with Crippen LogP contribution in [0, 0.1) is 0 Å². The number of hydrogen-bond donors (Lipinski definition) is 3. The van der Waals surface area contributed by atoms with Gasteiger partial charge in [0, 0.05) is 18.7 Å². The standard InChI is InChI=1S/C13H24N4O/c1-4-7-14-12-11(5-2)13(17-9-16-12)15-8-6-10(3)18/h9-10,18H,4-8H2,1-3H3,(H2,14,15,16,17). The van der Waals surface area contributed by atoms with Crippen LogP contribution in [-0.2, 0) is 6.42 Å². The van der Waals surface area contributed by atoms with E-state index in [9.17, 15) is 5.11 Å². The van der Waals surface area contributed by atoms with Gasteiger partial charge < -0.3 is 15.7 Å². The topological polar surface area (TPSA) is 70.1 Å². The lowest BCUT2D eigenvalue weighted by molar-refractivity contribution is 0.188. The Morgan fingerprint density at radius 3 is 2.28 bits per heavy atom. The van der Waals surface area contributed by atoms with Crippen molar-refractivity contribution < 1.29 is 5.11 Å². The SMILES string of the molecule is CCCNc1ncnc(NCCC(C)O)c1CC. The fourth-order valence-electron chi connectivity index (χ4n) is 1.69. The van der Waals surface area contributed by atoms with Crippen molar-refractivity contribution >= 4 is 11.6 Å². The number of anilines is 2. The van der Waals surface area contributed by atoms with Gasteiger partial charge in [-0.15, -0.1) is 0 Å². The van der Waals surface area contributed by atoms with Gasteiger partial charge in [-0.2, -0.15) is 0 Å². The highest BCUT2D eigenvalue weighted by molar-refractivity contribution is 5.57. The molecule has 1 atom stereocenters. The maximum atomic E-state index is 9.24. The molecule has 0 fully saturated rings. The molecule has 1 rings (SSSR count). The smallest absolute Gasteiger partial charge is 0.134 e. The highest BCUT2D eigenvalue weighted by Gasteiger charge is 2.09. The summed E-state index contributed by atoms with van der Waals surface area (Å²) in [5.41, 5.74) is 1.11. The molecule has 102 valence electrons. The van der Waals surface area contributed by atoms with Crippen molar-refractivity contribution in [2.24, 2.45) is 0 Å². The van der Waals surface area contributed by atoms with E-state index in [-0.39, 0.29) is 6.10 Å². The highest BCUT2D eigenvalue weighted by atomic mass is 16.3. The predicted molar refractivity (Wildman–Crippen MR) is 75.0 cm³/mol. The summed E-state index contributed by atoms with van der Waals surface area (Å²) >= 11 is 0. The molecule has 0 aliphatic rings. The first-order chi connectivity index (χ1) is 8.69. The van der Waals surface area contributed by atoms with Crippen LogP contribution < -0.4 is 10.6 Å². The quantitative estimate of drug-likeness (QED) is 0.660. The first kappa shape index (κ1) is 14.7. The van der Waals surface area contributed by atoms with Crippen LogP contribution in [0.15, 0.2) is 6.33 Å². The zero-order valence-electron chi connectivity index (χ0n) is 11.5. The summed E-state index contributed by atoms with van der Waals surface area (Å²) in [6.07, 6.45) is 3.94. The Kier molecular flexibility index (Phi) is 6.43. The Balaban J connectivity index is 2.71. The molecule has 1 aromatic rings. The summed E-state index contributed by atoms with van der Waals surface area (Å²) in [4.78, 5) is 8.55. The van der Waals surface area contributed by atoms with Gasteiger partial charge in [-0.05, 0) is 26.2 Å². The van der Waals surface area contributed by atoms with E-state index < -0.39 is 0 Å². The summed E-state index contributed by atoms with van der Waals surface area (Å²) in [5, 5.41) is 15.8. The molecular formula is C13H24N4O. The molecule has 0 radical (unpaired) electrons. The van der Waals surface area contributed by atoms with E-state index in [1.54, 1.807) is 13.3 Å². The fourth-order valence-corrected chi connectivity index (χ4v) is 1.69. The Hall–Kier alpha value is -1.36. The minimum absolute atomic E-state index is 0.290. The van der Waals surface area contributed by atoms with Crippen LogP contribution >= 0.6 is 0 Å². The predicted octanol–water partition coefficient (Wildman–Crippen LogP) is 2.04. The molecule has 0 aliphatic carbocycles. The van der Waals surface area contributed by atoms with Crippen LogP contribution in [0.1, 0.15) is 39.2 Å². The zero-order valence-corrected chi connectivity index (χ0v) is 11.5. The average Bonchev–Trinajstić information content (AvgIpc) is 2.36. The molecular weight excluding hydrogens is 228 g/mol. The molecule has 18 heavy (non-hydrogen) atoms. The molecule has 1 unspecified atom stereocenters. The molecule has 5 heteroatoms. The van der Waals surface area contributed by atoms with Crippen LogP contribution in [0.4, 0.5) is 11.6 Å². The second-order valence-corrected chi connectivity index (χ2v) is 4.39. The Morgan fingerprint density at radius 1 is 1.17 bits per heavy atom. The molecule has 3 N–H and O–H groups in total. The second kappa shape index (κ2) is 7.87. The van der Waals surface area contributed by atoms with Crippen molar-refractivity contribution in [3.8, 4) is 0 Å². The van der Waals surface area contributed by atoms with Gasteiger partial charge in [0.1, 0.15) is 18.0 Å². The Morgan fingerprint density at radius 2 is 1.78 bits per heavy atom. The largest absolute Gasteiger partial charge is 0.393 e. The number of aliphatic hydroxyl groups excluding tert-OH is 1. The normalized spacial score (nSPS) is 12.2. The average molecular weight is 252 g/mol. The molecule has 0 saturated carbocycles. The summed E-state index contributed by atoms with van der Waals surface area (Å²) in [6.45, 7) is 7.64. The lowest BCUT2D eigenvalue weighted by atomic mass is 10.2. The maximum Gasteiger partial charge on any atom is 0.134 e. The third-order valence-electron chi connectivity index (χ3n) is 2.70. The maximum absolute atomic E-state index is 9.24. The zero-order chi connectivity index (χ0) is 13.4. The van der Waals surface area contributed by atoms with E-state index in [0.29, 0.717) is 6.42 Å². The van der Waals surface area contributed by atoms with Crippen molar-refractivity contribution in [1.82, 2.24) is 9.97 Å². The molecule has 0 spiro atoms. The third kappa shape index (κ3) is 4.49. The van der Waals surface area contributed by atoms with Gasteiger partial charge in [0.2, 0.25) is 0 Å².